The summed E-state index contributed by atoms with van der Waals surface area (Å²) < 4.78 is 0. The van der Waals surface area contributed by atoms with Crippen LogP contribution < -0.4 is 0 Å². The number of carboxylic acids is 1. The van der Waals surface area contributed by atoms with Gasteiger partial charge in [0, 0.05) is 0 Å². The molecule has 0 fully saturated rings. The minimum atomic E-state index is -2.54. The third-order valence-electron chi connectivity index (χ3n) is 0.653. The van der Waals surface area contributed by atoms with Gasteiger partial charge in [-0.05, 0) is 0 Å². The van der Waals surface area contributed by atoms with Crippen LogP contribution in [0.15, 0.2) is 0 Å². The second-order valence-electron chi connectivity index (χ2n) is 1.37. The van der Waals surface area contributed by atoms with Crippen molar-refractivity contribution in [1.29, 1.82) is 0 Å². The van der Waals surface area contributed by atoms with E-state index in [1.165, 1.54) is 0 Å². The quantitative estimate of drug-likeness (QED) is 0.232. The van der Waals surface area contributed by atoms with Crippen LogP contribution in [-0.2, 0) is 14.4 Å². The Morgan fingerprint density at radius 3 is 1.60 bits per heavy atom. The Hall–Kier alpha value is -1.27. The first-order valence-electron chi connectivity index (χ1n) is 2.14. The average molecular weight is 148 g/mol. The molecular weight excluding hydrogens is 144 g/mol. The Morgan fingerprint density at radius 1 is 1.10 bits per heavy atom. The van der Waals surface area contributed by atoms with Gasteiger partial charge in [0.25, 0.3) is 5.78 Å². The van der Waals surface area contributed by atoms with Crippen LogP contribution >= 0.6 is 0 Å². The summed E-state index contributed by atoms with van der Waals surface area (Å²) in [6, 6.07) is 0. The number of aliphatic carboxylic acids is 1. The number of Topliss-reactive ketones (excluding diaryl/α,β-unsaturated/α-hetero) is 2. The topological polar surface area (TPSA) is 112 Å². The molecule has 10 heavy (non-hydrogen) atoms. The van der Waals surface area contributed by atoms with Gasteiger partial charge in [0.2, 0.25) is 6.29 Å². The molecule has 0 heterocycles. The average Bonchev–Trinajstić information content (AvgIpc) is 1.84. The van der Waals surface area contributed by atoms with Crippen LogP contribution in [0.5, 0.6) is 0 Å². The SMILES string of the molecule is O=C(O)C(=O)C(=O)C(O)O. The first kappa shape index (κ1) is 8.73. The highest BCUT2D eigenvalue weighted by Gasteiger charge is 2.26. The normalized spacial score (nSPS) is 9.50. The summed E-state index contributed by atoms with van der Waals surface area (Å²) in [4.78, 5) is 29.7. The largest absolute Gasteiger partial charge is 0.475 e. The number of carboxylic acid groups (broad SMARTS) is 1. The standard InChI is InChI=1S/C4H4O6/c5-1(3(7)8)2(6)4(9)10/h3,7-8H,(H,9,10). The van der Waals surface area contributed by atoms with Gasteiger partial charge in [0.05, 0.1) is 0 Å². The van der Waals surface area contributed by atoms with Crippen molar-refractivity contribution in [2.75, 3.05) is 0 Å². The van der Waals surface area contributed by atoms with Crippen molar-refractivity contribution >= 4 is 17.5 Å². The number of rotatable bonds is 3. The molecule has 0 aliphatic heterocycles. The molecule has 0 saturated carbocycles. The van der Waals surface area contributed by atoms with Gasteiger partial charge in [-0.3, -0.25) is 9.59 Å². The summed E-state index contributed by atoms with van der Waals surface area (Å²) in [6.45, 7) is 0. The molecule has 6 nitrogen and oxygen atoms in total. The van der Waals surface area contributed by atoms with Crippen LogP contribution in [0.2, 0.25) is 0 Å². The van der Waals surface area contributed by atoms with Gasteiger partial charge in [-0.15, -0.1) is 0 Å². The zero-order chi connectivity index (χ0) is 8.31. The third-order valence-corrected chi connectivity index (χ3v) is 0.653. The van der Waals surface area contributed by atoms with Gasteiger partial charge >= 0.3 is 11.8 Å². The van der Waals surface area contributed by atoms with Crippen LogP contribution in [0.1, 0.15) is 0 Å². The smallest absolute Gasteiger partial charge is 0.380 e. The molecule has 0 aromatic carbocycles. The molecule has 0 radical (unpaired) electrons. The van der Waals surface area contributed by atoms with Crippen LogP contribution in [-0.4, -0.2) is 39.1 Å². The van der Waals surface area contributed by atoms with E-state index in [-0.39, 0.29) is 0 Å². The summed E-state index contributed by atoms with van der Waals surface area (Å²) in [5.74, 6) is -5.58. The van der Waals surface area contributed by atoms with E-state index in [0.717, 1.165) is 0 Å². The highest BCUT2D eigenvalue weighted by molar-refractivity contribution is 6.62. The van der Waals surface area contributed by atoms with Crippen LogP contribution in [0.25, 0.3) is 0 Å². The summed E-state index contributed by atoms with van der Waals surface area (Å²) in [6.07, 6.45) is -2.54. The number of aliphatic hydroxyl groups is 2. The van der Waals surface area contributed by atoms with Gasteiger partial charge in [-0.1, -0.05) is 0 Å². The van der Waals surface area contributed by atoms with Crippen molar-refractivity contribution in [2.24, 2.45) is 0 Å². The van der Waals surface area contributed by atoms with Crippen molar-refractivity contribution < 1.29 is 29.7 Å². The number of carbonyl (C=O) groups is 3. The van der Waals surface area contributed by atoms with E-state index in [2.05, 4.69) is 0 Å². The molecule has 0 aliphatic rings. The van der Waals surface area contributed by atoms with Gasteiger partial charge in [0.1, 0.15) is 0 Å². The summed E-state index contributed by atoms with van der Waals surface area (Å²) in [5.41, 5.74) is 0. The van der Waals surface area contributed by atoms with Crippen molar-refractivity contribution in [3.8, 4) is 0 Å². The molecule has 0 unspecified atom stereocenters. The molecule has 0 spiro atoms. The predicted molar refractivity (Wildman–Crippen MR) is 25.9 cm³/mol. The van der Waals surface area contributed by atoms with E-state index in [1.54, 1.807) is 0 Å². The molecule has 0 saturated heterocycles. The minimum absolute atomic E-state index is 1.74. The van der Waals surface area contributed by atoms with Crippen molar-refractivity contribution in [3.63, 3.8) is 0 Å². The Kier molecular flexibility index (Phi) is 2.65. The molecule has 56 valence electrons. The first-order chi connectivity index (χ1) is 4.46. The molecule has 0 atom stereocenters. The fourth-order valence-electron chi connectivity index (χ4n) is 0.223. The lowest BCUT2D eigenvalue weighted by atomic mass is 10.2. The van der Waals surface area contributed by atoms with E-state index in [1.807, 2.05) is 0 Å². The number of carbonyl (C=O) groups excluding carboxylic acids is 2. The van der Waals surface area contributed by atoms with Gasteiger partial charge in [-0.25, -0.2) is 4.79 Å². The summed E-state index contributed by atoms with van der Waals surface area (Å²) in [7, 11) is 0. The van der Waals surface area contributed by atoms with Gasteiger partial charge in [-0.2, -0.15) is 0 Å². The van der Waals surface area contributed by atoms with Gasteiger partial charge in [0.15, 0.2) is 0 Å². The monoisotopic (exact) mass is 148 g/mol. The van der Waals surface area contributed by atoms with E-state index in [0.29, 0.717) is 0 Å². The fourth-order valence-corrected chi connectivity index (χ4v) is 0.223. The van der Waals surface area contributed by atoms with Gasteiger partial charge < -0.3 is 15.3 Å². The van der Waals surface area contributed by atoms with E-state index in [4.69, 9.17) is 15.3 Å². The predicted octanol–water partition coefficient (Wildman–Crippen LogP) is -2.48. The molecule has 0 bridgehead atoms. The fraction of sp³-hybridized carbons (Fsp3) is 0.250. The number of hydrogen-bond acceptors (Lipinski definition) is 5. The molecule has 0 aromatic heterocycles. The zero-order valence-corrected chi connectivity index (χ0v) is 4.64. The minimum Gasteiger partial charge on any atom is -0.475 e. The Labute approximate surface area is 54.7 Å². The van der Waals surface area contributed by atoms with Crippen molar-refractivity contribution in [2.45, 2.75) is 6.29 Å². The maximum absolute atomic E-state index is 10.1. The van der Waals surface area contributed by atoms with E-state index >= 15 is 0 Å². The lowest BCUT2D eigenvalue weighted by molar-refractivity contribution is -0.161. The summed E-state index contributed by atoms with van der Waals surface area (Å²) in [5, 5.41) is 23.7. The van der Waals surface area contributed by atoms with Crippen LogP contribution in [0.3, 0.4) is 0 Å². The number of hydrogen-bond donors (Lipinski definition) is 3. The van der Waals surface area contributed by atoms with Crippen molar-refractivity contribution in [3.05, 3.63) is 0 Å². The lowest BCUT2D eigenvalue weighted by Gasteiger charge is -1.95. The highest BCUT2D eigenvalue weighted by atomic mass is 16.5. The zero-order valence-electron chi connectivity index (χ0n) is 4.64. The first-order valence-corrected chi connectivity index (χ1v) is 2.14. The molecule has 0 aliphatic carbocycles. The summed E-state index contributed by atoms with van der Waals surface area (Å²) >= 11 is 0. The Balaban J connectivity index is 4.24. The van der Waals surface area contributed by atoms with Crippen LogP contribution in [0.4, 0.5) is 0 Å². The Bertz CT molecular complexity index is 180. The second kappa shape index (κ2) is 3.04. The molecule has 0 amide bonds. The second-order valence-corrected chi connectivity index (χ2v) is 1.37. The molecule has 0 aromatic rings. The van der Waals surface area contributed by atoms with E-state index in [9.17, 15) is 14.4 Å². The number of aliphatic hydroxyl groups excluding tert-OH is 1. The maximum Gasteiger partial charge on any atom is 0.380 e. The third kappa shape index (κ3) is 1.92. The Morgan fingerprint density at radius 2 is 1.50 bits per heavy atom. The van der Waals surface area contributed by atoms with E-state index < -0.39 is 23.8 Å². The number of ketones is 2. The molecule has 3 N–H and O–H groups in total. The van der Waals surface area contributed by atoms with Crippen molar-refractivity contribution in [1.82, 2.24) is 0 Å². The highest BCUT2D eigenvalue weighted by Crippen LogP contribution is 1.82. The van der Waals surface area contributed by atoms with Crippen LogP contribution in [0, 0.1) is 0 Å². The lowest BCUT2D eigenvalue weighted by Crippen LogP contribution is -2.32. The molecule has 6 heteroatoms. The maximum atomic E-state index is 10.1. The molecular formula is C4H4O6. The molecule has 0 rings (SSSR count).